The summed E-state index contributed by atoms with van der Waals surface area (Å²) in [4.78, 5) is 27.6. The molecule has 1 amide bonds. The van der Waals surface area contributed by atoms with Gasteiger partial charge in [0.2, 0.25) is 11.7 Å². The van der Waals surface area contributed by atoms with Crippen molar-refractivity contribution in [3.05, 3.63) is 59.9 Å². The zero-order valence-electron chi connectivity index (χ0n) is 16.8. The van der Waals surface area contributed by atoms with Crippen LogP contribution in [0.5, 0.6) is 0 Å². The molecule has 0 saturated carbocycles. The molecule has 0 spiro atoms. The number of amides is 1. The number of benzene rings is 1. The van der Waals surface area contributed by atoms with E-state index in [4.69, 9.17) is 0 Å². The second-order valence-electron chi connectivity index (χ2n) is 7.51. The Balaban J connectivity index is 1.46. The fourth-order valence-electron chi connectivity index (χ4n) is 4.03. The fourth-order valence-corrected chi connectivity index (χ4v) is 4.03. The summed E-state index contributed by atoms with van der Waals surface area (Å²) in [5.74, 6) is -0.113. The summed E-state index contributed by atoms with van der Waals surface area (Å²) >= 11 is 0. The van der Waals surface area contributed by atoms with E-state index in [1.54, 1.807) is 29.0 Å². The van der Waals surface area contributed by atoms with Crippen molar-refractivity contribution in [3.63, 3.8) is 0 Å². The number of hydrogen-bond donors (Lipinski definition) is 1. The summed E-state index contributed by atoms with van der Waals surface area (Å²) in [6.45, 7) is 5.33. The van der Waals surface area contributed by atoms with Crippen molar-refractivity contribution >= 4 is 11.7 Å². The van der Waals surface area contributed by atoms with Crippen molar-refractivity contribution in [2.24, 2.45) is 0 Å². The first-order valence-corrected chi connectivity index (χ1v) is 10.4. The van der Waals surface area contributed by atoms with Gasteiger partial charge in [-0.25, -0.2) is 0 Å². The molecule has 2 aromatic rings. The van der Waals surface area contributed by atoms with Gasteiger partial charge >= 0.3 is 0 Å². The fraction of sp³-hybridized carbons (Fsp3) is 0.478. The molecule has 1 aromatic heterocycles. The van der Waals surface area contributed by atoms with Crippen molar-refractivity contribution in [1.82, 2.24) is 14.8 Å². The lowest BCUT2D eigenvalue weighted by molar-refractivity contribution is -0.121. The highest BCUT2D eigenvalue weighted by molar-refractivity contribution is 6.08. The number of nitrogens with one attached hydrogen (secondary N) is 1. The molecule has 5 nitrogen and oxygen atoms in total. The molecule has 150 valence electrons. The van der Waals surface area contributed by atoms with Gasteiger partial charge in [0.25, 0.3) is 0 Å². The Morgan fingerprint density at radius 1 is 1.11 bits per heavy atom. The van der Waals surface area contributed by atoms with Crippen LogP contribution in [-0.2, 0) is 11.3 Å². The molecule has 1 fully saturated rings. The van der Waals surface area contributed by atoms with Gasteiger partial charge in [-0.05, 0) is 44.4 Å². The van der Waals surface area contributed by atoms with Crippen LogP contribution in [0.1, 0.15) is 55.1 Å². The van der Waals surface area contributed by atoms with E-state index in [9.17, 15) is 9.59 Å². The average molecular weight is 382 g/mol. The Bertz CT molecular complexity index is 769. The van der Waals surface area contributed by atoms with Crippen molar-refractivity contribution in [2.45, 2.75) is 51.6 Å². The minimum atomic E-state index is -0.0610. The van der Waals surface area contributed by atoms with Gasteiger partial charge in [0.15, 0.2) is 0 Å². The molecule has 0 aliphatic carbocycles. The largest absolute Gasteiger partial charge is 0.355 e. The number of ketones is 1. The molecule has 5 heteroatoms. The van der Waals surface area contributed by atoms with Gasteiger partial charge in [0.05, 0.1) is 5.69 Å². The molecule has 1 unspecified atom stereocenters. The third-order valence-electron chi connectivity index (χ3n) is 5.58. The van der Waals surface area contributed by atoms with Crippen LogP contribution < -0.4 is 5.32 Å². The maximum atomic E-state index is 12.6. The van der Waals surface area contributed by atoms with Crippen molar-refractivity contribution in [3.8, 4) is 0 Å². The third kappa shape index (κ3) is 5.32. The van der Waals surface area contributed by atoms with Gasteiger partial charge in [0, 0.05) is 30.9 Å². The summed E-state index contributed by atoms with van der Waals surface area (Å²) in [5.41, 5.74) is 1.18. The van der Waals surface area contributed by atoms with E-state index in [2.05, 4.69) is 17.1 Å². The minimum absolute atomic E-state index is 0.0519. The zero-order valence-corrected chi connectivity index (χ0v) is 16.8. The van der Waals surface area contributed by atoms with E-state index in [0.717, 1.165) is 13.0 Å². The first-order valence-electron chi connectivity index (χ1n) is 10.4. The second-order valence-corrected chi connectivity index (χ2v) is 7.51. The van der Waals surface area contributed by atoms with Crippen molar-refractivity contribution < 1.29 is 9.59 Å². The number of nitrogens with zero attached hydrogens (tertiary/aromatic N) is 2. The van der Waals surface area contributed by atoms with Gasteiger partial charge < -0.3 is 14.8 Å². The van der Waals surface area contributed by atoms with Crippen LogP contribution in [0.15, 0.2) is 48.7 Å². The Kier molecular flexibility index (Phi) is 7.43. The van der Waals surface area contributed by atoms with Crippen LogP contribution >= 0.6 is 0 Å². The van der Waals surface area contributed by atoms with E-state index < -0.39 is 0 Å². The normalized spacial score (nSPS) is 17.4. The number of carbonyl (C=O) groups is 2. The van der Waals surface area contributed by atoms with E-state index >= 15 is 0 Å². The molecule has 28 heavy (non-hydrogen) atoms. The summed E-state index contributed by atoms with van der Waals surface area (Å²) in [5, 5.41) is 3.00. The molecule has 1 aromatic carbocycles. The number of aromatic nitrogens is 1. The third-order valence-corrected chi connectivity index (χ3v) is 5.58. The van der Waals surface area contributed by atoms with Crippen molar-refractivity contribution in [1.29, 1.82) is 0 Å². The van der Waals surface area contributed by atoms with E-state index in [1.807, 2.05) is 24.3 Å². The smallest absolute Gasteiger partial charge is 0.239 e. The first kappa shape index (κ1) is 20.3. The van der Waals surface area contributed by atoms with Gasteiger partial charge in [-0.3, -0.25) is 9.59 Å². The van der Waals surface area contributed by atoms with E-state index in [-0.39, 0.29) is 18.2 Å². The molecule has 0 radical (unpaired) electrons. The molecule has 1 atom stereocenters. The first-order chi connectivity index (χ1) is 13.7. The topological polar surface area (TPSA) is 54.3 Å². The highest BCUT2D eigenvalue weighted by Crippen LogP contribution is 2.19. The second kappa shape index (κ2) is 10.2. The predicted molar refractivity (Wildman–Crippen MR) is 111 cm³/mol. The number of likely N-dealkylation sites (tertiary alicyclic amines) is 1. The Morgan fingerprint density at radius 3 is 2.71 bits per heavy atom. The number of rotatable bonds is 9. The summed E-state index contributed by atoms with van der Waals surface area (Å²) in [7, 11) is 0. The summed E-state index contributed by atoms with van der Waals surface area (Å²) in [6.07, 6.45) is 7.88. The van der Waals surface area contributed by atoms with Crippen LogP contribution in [0.25, 0.3) is 0 Å². The Hall–Kier alpha value is -2.40. The van der Waals surface area contributed by atoms with Crippen LogP contribution in [0.3, 0.4) is 0 Å². The van der Waals surface area contributed by atoms with Gasteiger partial charge in [0.1, 0.15) is 6.54 Å². The van der Waals surface area contributed by atoms with E-state index in [1.165, 1.54) is 32.2 Å². The van der Waals surface area contributed by atoms with Crippen LogP contribution in [0.4, 0.5) is 0 Å². The summed E-state index contributed by atoms with van der Waals surface area (Å²) in [6, 6.07) is 13.5. The van der Waals surface area contributed by atoms with E-state index in [0.29, 0.717) is 23.8 Å². The minimum Gasteiger partial charge on any atom is -0.355 e. The molecule has 1 aliphatic rings. The highest BCUT2D eigenvalue weighted by Gasteiger charge is 2.20. The lowest BCUT2D eigenvalue weighted by atomic mass is 10.00. The molecule has 1 aliphatic heterocycles. The lowest BCUT2D eigenvalue weighted by Gasteiger charge is -2.35. The zero-order chi connectivity index (χ0) is 19.8. The number of piperidine rings is 1. The molecule has 3 rings (SSSR count). The SMILES string of the molecule is CCC1CCCCN1CCCNC(=O)Cn1cccc1C(=O)c1ccccc1. The predicted octanol–water partition coefficient (Wildman–Crippen LogP) is 3.49. The van der Waals surface area contributed by atoms with Gasteiger partial charge in [-0.15, -0.1) is 0 Å². The molecule has 2 heterocycles. The van der Waals surface area contributed by atoms with Gasteiger partial charge in [-0.2, -0.15) is 0 Å². The maximum Gasteiger partial charge on any atom is 0.239 e. The van der Waals surface area contributed by atoms with Crippen LogP contribution in [0.2, 0.25) is 0 Å². The molecule has 0 bridgehead atoms. The van der Waals surface area contributed by atoms with Crippen LogP contribution in [-0.4, -0.2) is 46.8 Å². The maximum absolute atomic E-state index is 12.6. The van der Waals surface area contributed by atoms with Crippen LogP contribution in [0, 0.1) is 0 Å². The molecule has 1 saturated heterocycles. The number of carbonyl (C=O) groups excluding carboxylic acids is 2. The number of hydrogen-bond acceptors (Lipinski definition) is 3. The Morgan fingerprint density at radius 2 is 1.93 bits per heavy atom. The molecular formula is C23H31N3O2. The lowest BCUT2D eigenvalue weighted by Crippen LogP contribution is -2.40. The quantitative estimate of drug-likeness (QED) is 0.534. The van der Waals surface area contributed by atoms with Crippen molar-refractivity contribution in [2.75, 3.05) is 19.6 Å². The monoisotopic (exact) mass is 381 g/mol. The van der Waals surface area contributed by atoms with Gasteiger partial charge in [-0.1, -0.05) is 43.7 Å². The Labute approximate surface area is 167 Å². The molecule has 1 N–H and O–H groups in total. The standard InChI is InChI=1S/C23H31N3O2/c1-2-20-12-6-7-15-25(20)17-9-14-24-22(27)18-26-16-8-13-21(26)23(28)19-10-4-3-5-11-19/h3-5,8,10-11,13,16,20H,2,6-7,9,12,14-15,17-18H2,1H3,(H,24,27). The summed E-state index contributed by atoms with van der Waals surface area (Å²) < 4.78 is 1.72. The highest BCUT2D eigenvalue weighted by atomic mass is 16.2. The molecular weight excluding hydrogens is 350 g/mol. The average Bonchev–Trinajstić information content (AvgIpc) is 3.19.